The SMILES string of the molecule is O.O=P(O)(O)OCC(O)CO.[H-].[Na+]. The van der Waals surface area contributed by atoms with E-state index in [1.54, 1.807) is 0 Å². The second-order valence-electron chi connectivity index (χ2n) is 1.62. The fourth-order valence-corrected chi connectivity index (χ4v) is 0.602. The van der Waals surface area contributed by atoms with Crippen LogP contribution in [0.1, 0.15) is 1.43 Å². The zero-order chi connectivity index (χ0) is 8.20. The van der Waals surface area contributed by atoms with Gasteiger partial charge in [-0.1, -0.05) is 0 Å². The standard InChI is InChI=1S/C3H9O6P.Na.H2O.H/c4-1-3(5)2-9-10(6,7)8;;;/h3-5H,1-2H2,(H2,6,7,8);;1H2;/q;+1;;-1. The Kier molecular flexibility index (Phi) is 13.4. The van der Waals surface area contributed by atoms with Gasteiger partial charge < -0.3 is 26.9 Å². The smallest absolute Gasteiger partial charge is 1.00 e. The van der Waals surface area contributed by atoms with Crippen LogP contribution in [0, 0.1) is 0 Å². The Balaban J connectivity index is -0.000000135. The van der Waals surface area contributed by atoms with Crippen LogP contribution in [0.2, 0.25) is 0 Å². The molecule has 12 heavy (non-hydrogen) atoms. The molecule has 7 nitrogen and oxygen atoms in total. The van der Waals surface area contributed by atoms with Gasteiger partial charge in [-0.25, -0.2) is 4.57 Å². The molecular formula is C3H12NaO7P. The van der Waals surface area contributed by atoms with Crippen LogP contribution in [0.25, 0.3) is 0 Å². The van der Waals surface area contributed by atoms with Crippen molar-refractivity contribution >= 4 is 7.82 Å². The van der Waals surface area contributed by atoms with Crippen molar-refractivity contribution in [1.82, 2.24) is 0 Å². The van der Waals surface area contributed by atoms with Crippen LogP contribution in [-0.4, -0.2) is 44.8 Å². The maximum atomic E-state index is 9.93. The summed E-state index contributed by atoms with van der Waals surface area (Å²) in [6.07, 6.45) is -1.24. The molecule has 0 aromatic carbocycles. The van der Waals surface area contributed by atoms with E-state index in [-0.39, 0.29) is 36.5 Å². The summed E-state index contributed by atoms with van der Waals surface area (Å²) >= 11 is 0. The molecule has 72 valence electrons. The van der Waals surface area contributed by atoms with E-state index in [2.05, 4.69) is 4.52 Å². The molecule has 0 heterocycles. The zero-order valence-electron chi connectivity index (χ0n) is 7.54. The van der Waals surface area contributed by atoms with Gasteiger partial charge in [-0.3, -0.25) is 4.52 Å². The van der Waals surface area contributed by atoms with Gasteiger partial charge in [0, 0.05) is 0 Å². The molecule has 1 unspecified atom stereocenters. The van der Waals surface area contributed by atoms with E-state index < -0.39 is 27.1 Å². The molecule has 0 aliphatic heterocycles. The fourth-order valence-electron chi connectivity index (χ4n) is 0.236. The minimum absolute atomic E-state index is 0. The Morgan fingerprint density at radius 1 is 1.50 bits per heavy atom. The summed E-state index contributed by atoms with van der Waals surface area (Å²) in [5.41, 5.74) is 0. The summed E-state index contributed by atoms with van der Waals surface area (Å²) < 4.78 is 13.8. The van der Waals surface area contributed by atoms with Crippen molar-refractivity contribution in [2.24, 2.45) is 0 Å². The average Bonchev–Trinajstić information content (AvgIpc) is 1.81. The van der Waals surface area contributed by atoms with Crippen LogP contribution >= 0.6 is 7.82 Å². The molecule has 0 amide bonds. The first-order chi connectivity index (χ1) is 4.45. The second-order valence-corrected chi connectivity index (χ2v) is 2.86. The molecule has 0 aliphatic carbocycles. The first-order valence-electron chi connectivity index (χ1n) is 2.44. The summed E-state index contributed by atoms with van der Waals surface area (Å²) in [4.78, 5) is 16.1. The third-order valence-corrected chi connectivity index (χ3v) is 1.13. The van der Waals surface area contributed by atoms with Crippen LogP contribution in [0.5, 0.6) is 0 Å². The maximum Gasteiger partial charge on any atom is 1.00 e. The van der Waals surface area contributed by atoms with E-state index in [0.29, 0.717) is 0 Å². The summed E-state index contributed by atoms with van der Waals surface area (Å²) in [5.74, 6) is 0. The monoisotopic (exact) mass is 214 g/mol. The van der Waals surface area contributed by atoms with Gasteiger partial charge in [-0.05, 0) is 0 Å². The number of phosphoric ester groups is 1. The predicted octanol–water partition coefficient (Wildman–Crippen LogP) is -5.26. The third kappa shape index (κ3) is 13.6. The Labute approximate surface area is 92.7 Å². The number of hydrogen-bond acceptors (Lipinski definition) is 4. The minimum atomic E-state index is -4.50. The fraction of sp³-hybridized carbons (Fsp3) is 1.00. The van der Waals surface area contributed by atoms with Gasteiger partial charge in [-0.15, -0.1) is 0 Å². The molecule has 0 saturated heterocycles. The van der Waals surface area contributed by atoms with Crippen LogP contribution < -0.4 is 29.6 Å². The van der Waals surface area contributed by atoms with Crippen LogP contribution in [0.3, 0.4) is 0 Å². The Morgan fingerprint density at radius 2 is 1.92 bits per heavy atom. The molecule has 6 N–H and O–H groups in total. The zero-order valence-corrected chi connectivity index (χ0v) is 9.44. The van der Waals surface area contributed by atoms with Gasteiger partial charge in [0.05, 0.1) is 13.2 Å². The van der Waals surface area contributed by atoms with Gasteiger partial charge in [0.15, 0.2) is 0 Å². The molecule has 0 bridgehead atoms. The molecule has 0 rings (SSSR count). The largest absolute Gasteiger partial charge is 1.00 e. The quantitative estimate of drug-likeness (QED) is 0.272. The van der Waals surface area contributed by atoms with Crippen molar-refractivity contribution in [2.75, 3.05) is 13.2 Å². The average molecular weight is 214 g/mol. The van der Waals surface area contributed by atoms with E-state index in [0.717, 1.165) is 0 Å². The normalized spacial score (nSPS) is 12.7. The van der Waals surface area contributed by atoms with Gasteiger partial charge >= 0.3 is 37.4 Å². The number of rotatable bonds is 4. The molecule has 1 atom stereocenters. The number of phosphoric acid groups is 1. The van der Waals surface area contributed by atoms with Gasteiger partial charge in [-0.2, -0.15) is 0 Å². The number of hydrogen-bond donors (Lipinski definition) is 4. The molecule has 0 aliphatic rings. The molecule has 0 spiro atoms. The predicted molar refractivity (Wildman–Crippen MR) is 35.8 cm³/mol. The van der Waals surface area contributed by atoms with Crippen molar-refractivity contribution in [3.05, 3.63) is 0 Å². The van der Waals surface area contributed by atoms with Crippen LogP contribution in [0.4, 0.5) is 0 Å². The van der Waals surface area contributed by atoms with Crippen molar-refractivity contribution in [3.8, 4) is 0 Å². The summed E-state index contributed by atoms with van der Waals surface area (Å²) in [6, 6.07) is 0. The van der Waals surface area contributed by atoms with Gasteiger partial charge in [0.2, 0.25) is 0 Å². The van der Waals surface area contributed by atoms with Crippen molar-refractivity contribution in [3.63, 3.8) is 0 Å². The maximum absolute atomic E-state index is 9.93. The Morgan fingerprint density at radius 3 is 2.17 bits per heavy atom. The molecular weight excluding hydrogens is 202 g/mol. The van der Waals surface area contributed by atoms with E-state index in [4.69, 9.17) is 20.0 Å². The molecule has 0 radical (unpaired) electrons. The van der Waals surface area contributed by atoms with E-state index in [1.165, 1.54) is 0 Å². The Hall–Kier alpha value is 0.990. The topological polar surface area (TPSA) is 139 Å². The molecule has 0 saturated carbocycles. The Bertz CT molecular complexity index is 140. The molecule has 0 aromatic heterocycles. The van der Waals surface area contributed by atoms with E-state index in [1.807, 2.05) is 0 Å². The number of aliphatic hydroxyl groups is 2. The molecule has 0 aromatic rings. The van der Waals surface area contributed by atoms with Crippen LogP contribution in [0.15, 0.2) is 0 Å². The summed E-state index contributed by atoms with van der Waals surface area (Å²) in [6.45, 7) is -1.15. The second kappa shape index (κ2) is 8.58. The molecule has 0 fully saturated rings. The van der Waals surface area contributed by atoms with Crippen molar-refractivity contribution in [1.29, 1.82) is 0 Å². The van der Waals surface area contributed by atoms with Gasteiger partial charge in [0.25, 0.3) is 0 Å². The third-order valence-electron chi connectivity index (χ3n) is 0.646. The summed E-state index contributed by atoms with van der Waals surface area (Å²) in [7, 11) is -4.50. The molecule has 9 heteroatoms. The first kappa shape index (κ1) is 18.7. The first-order valence-corrected chi connectivity index (χ1v) is 3.98. The van der Waals surface area contributed by atoms with Gasteiger partial charge in [0.1, 0.15) is 6.10 Å². The minimum Gasteiger partial charge on any atom is -1.00 e. The van der Waals surface area contributed by atoms with Crippen molar-refractivity contribution in [2.45, 2.75) is 6.10 Å². The van der Waals surface area contributed by atoms with E-state index in [9.17, 15) is 4.57 Å². The van der Waals surface area contributed by atoms with E-state index >= 15 is 0 Å². The summed E-state index contributed by atoms with van der Waals surface area (Å²) in [5, 5.41) is 16.7. The van der Waals surface area contributed by atoms with Crippen LogP contribution in [-0.2, 0) is 9.09 Å². The number of aliphatic hydroxyl groups excluding tert-OH is 2. The van der Waals surface area contributed by atoms with Crippen molar-refractivity contribution < 1.29 is 65.5 Å².